The SMILES string of the molecule is COc1cc(CCC(=O)CCCC/C=C/C(C)C)ccc1ONc1c(C)cccc1C. The third kappa shape index (κ3) is 8.49. The molecule has 2 aromatic rings. The molecule has 1 N–H and O–H groups in total. The number of methoxy groups -OCH3 is 1. The highest BCUT2D eigenvalue weighted by atomic mass is 16.7. The number of Topliss-reactive ketones (excluding diaryl/α,β-unsaturated/α-hetero) is 1. The summed E-state index contributed by atoms with van der Waals surface area (Å²) in [5.74, 6) is 2.19. The van der Waals surface area contributed by atoms with Gasteiger partial charge in [0.05, 0.1) is 12.8 Å². The van der Waals surface area contributed by atoms with Crippen LogP contribution in [-0.4, -0.2) is 12.9 Å². The van der Waals surface area contributed by atoms with Crippen LogP contribution < -0.4 is 15.1 Å². The van der Waals surface area contributed by atoms with E-state index in [-0.39, 0.29) is 0 Å². The fraction of sp³-hybridized carbons (Fsp3) is 0.444. The van der Waals surface area contributed by atoms with Crippen molar-refractivity contribution in [3.05, 3.63) is 65.2 Å². The second kappa shape index (κ2) is 12.8. The van der Waals surface area contributed by atoms with Crippen LogP contribution in [0.5, 0.6) is 11.5 Å². The summed E-state index contributed by atoms with van der Waals surface area (Å²) in [6, 6.07) is 11.9. The highest BCUT2D eigenvalue weighted by Gasteiger charge is 2.10. The molecule has 0 fully saturated rings. The molecule has 4 nitrogen and oxygen atoms in total. The molecule has 0 aromatic heterocycles. The Bertz CT molecular complexity index is 851. The number of ketones is 1. The first-order chi connectivity index (χ1) is 14.9. The minimum atomic E-state index is 0.323. The van der Waals surface area contributed by atoms with Crippen molar-refractivity contribution in [3.63, 3.8) is 0 Å². The minimum absolute atomic E-state index is 0.323. The Balaban J connectivity index is 1.82. The monoisotopic (exact) mass is 423 g/mol. The van der Waals surface area contributed by atoms with Crippen molar-refractivity contribution < 1.29 is 14.4 Å². The van der Waals surface area contributed by atoms with E-state index in [9.17, 15) is 4.79 Å². The van der Waals surface area contributed by atoms with Crippen molar-refractivity contribution >= 4 is 11.5 Å². The molecule has 2 aromatic carbocycles. The predicted octanol–water partition coefficient (Wildman–Crippen LogP) is 6.99. The number of hydrogen-bond donors (Lipinski definition) is 1. The van der Waals surface area contributed by atoms with Gasteiger partial charge in [0.1, 0.15) is 5.78 Å². The molecule has 0 amide bonds. The molecule has 0 heterocycles. The summed E-state index contributed by atoms with van der Waals surface area (Å²) in [6.45, 7) is 8.43. The molecule has 0 saturated carbocycles. The molecule has 4 heteroatoms. The minimum Gasteiger partial charge on any atom is -0.493 e. The average Bonchev–Trinajstić information content (AvgIpc) is 2.74. The molecule has 2 rings (SSSR count). The van der Waals surface area contributed by atoms with Crippen LogP contribution in [0.15, 0.2) is 48.6 Å². The molecule has 0 aliphatic carbocycles. The maximum atomic E-state index is 12.2. The van der Waals surface area contributed by atoms with E-state index in [0.29, 0.717) is 42.5 Å². The largest absolute Gasteiger partial charge is 0.493 e. The molecule has 0 unspecified atom stereocenters. The zero-order valence-electron chi connectivity index (χ0n) is 19.7. The van der Waals surface area contributed by atoms with Crippen LogP contribution in [0, 0.1) is 19.8 Å². The van der Waals surface area contributed by atoms with E-state index in [4.69, 9.17) is 9.57 Å². The molecule has 0 spiro atoms. The van der Waals surface area contributed by atoms with Gasteiger partial charge in [-0.2, -0.15) is 0 Å². The first-order valence-corrected chi connectivity index (χ1v) is 11.2. The van der Waals surface area contributed by atoms with Gasteiger partial charge >= 0.3 is 0 Å². The van der Waals surface area contributed by atoms with Gasteiger partial charge in [-0.1, -0.05) is 50.3 Å². The fourth-order valence-electron chi connectivity index (χ4n) is 3.39. The van der Waals surface area contributed by atoms with Gasteiger partial charge in [-0.3, -0.25) is 4.79 Å². The molecule has 0 saturated heterocycles. The molecule has 0 radical (unpaired) electrons. The Morgan fingerprint density at radius 1 is 1.03 bits per heavy atom. The Labute approximate surface area is 187 Å². The second-order valence-corrected chi connectivity index (χ2v) is 8.41. The quantitative estimate of drug-likeness (QED) is 0.214. The number of aryl methyl sites for hydroxylation is 3. The summed E-state index contributed by atoms with van der Waals surface area (Å²) in [7, 11) is 1.63. The van der Waals surface area contributed by atoms with E-state index in [0.717, 1.165) is 41.6 Å². The van der Waals surface area contributed by atoms with Crippen LogP contribution in [-0.2, 0) is 11.2 Å². The first-order valence-electron chi connectivity index (χ1n) is 11.2. The zero-order valence-corrected chi connectivity index (χ0v) is 19.7. The van der Waals surface area contributed by atoms with Crippen LogP contribution >= 0.6 is 0 Å². The molecule has 168 valence electrons. The number of hydrogen-bond acceptors (Lipinski definition) is 4. The highest BCUT2D eigenvalue weighted by molar-refractivity contribution is 5.78. The Morgan fingerprint density at radius 2 is 1.77 bits per heavy atom. The number of benzene rings is 2. The third-order valence-electron chi connectivity index (χ3n) is 5.26. The van der Waals surface area contributed by atoms with Crippen molar-refractivity contribution in [3.8, 4) is 11.5 Å². The van der Waals surface area contributed by atoms with Gasteiger partial charge in [0, 0.05) is 12.8 Å². The normalized spacial score (nSPS) is 11.2. The molecule has 31 heavy (non-hydrogen) atoms. The van der Waals surface area contributed by atoms with Crippen LogP contribution in [0.3, 0.4) is 0 Å². The van der Waals surface area contributed by atoms with E-state index in [1.54, 1.807) is 7.11 Å². The van der Waals surface area contributed by atoms with Crippen molar-refractivity contribution in [2.75, 3.05) is 12.6 Å². The summed E-state index contributed by atoms with van der Waals surface area (Å²) in [5, 5.41) is 0. The van der Waals surface area contributed by atoms with Crippen LogP contribution in [0.2, 0.25) is 0 Å². The molecule has 0 atom stereocenters. The molecule has 0 aliphatic rings. The molecule has 0 aliphatic heterocycles. The number of nitrogens with one attached hydrogen (secondary N) is 1. The number of carbonyl (C=O) groups is 1. The van der Waals surface area contributed by atoms with Gasteiger partial charge in [-0.25, -0.2) is 5.48 Å². The average molecular weight is 424 g/mol. The molecular weight excluding hydrogens is 386 g/mol. The smallest absolute Gasteiger partial charge is 0.196 e. The molecular formula is C27H37NO3. The number of anilines is 1. The summed E-state index contributed by atoms with van der Waals surface area (Å²) < 4.78 is 5.50. The lowest BCUT2D eigenvalue weighted by Gasteiger charge is -2.15. The van der Waals surface area contributed by atoms with Crippen LogP contribution in [0.25, 0.3) is 0 Å². The first kappa shape index (κ1) is 24.5. The second-order valence-electron chi connectivity index (χ2n) is 8.41. The van der Waals surface area contributed by atoms with Gasteiger partial charge in [-0.05, 0) is 74.3 Å². The lowest BCUT2D eigenvalue weighted by Crippen LogP contribution is -2.08. The van der Waals surface area contributed by atoms with Gasteiger partial charge in [0.2, 0.25) is 0 Å². The van der Waals surface area contributed by atoms with Crippen molar-refractivity contribution in [1.29, 1.82) is 0 Å². The van der Waals surface area contributed by atoms with Gasteiger partial charge in [-0.15, -0.1) is 0 Å². The Morgan fingerprint density at radius 3 is 2.45 bits per heavy atom. The lowest BCUT2D eigenvalue weighted by atomic mass is 10.0. The standard InChI is InChI=1S/C27H37NO3/c1-20(2)11-8-6-7-9-14-24(29)17-15-23-16-18-25(26(19-23)30-5)31-28-27-21(3)12-10-13-22(27)4/h8,10-13,16,18-20,28H,6-7,9,14-15,17H2,1-5H3/b11-8+. The predicted molar refractivity (Wildman–Crippen MR) is 129 cm³/mol. The van der Waals surface area contributed by atoms with E-state index in [2.05, 4.69) is 31.5 Å². The summed E-state index contributed by atoms with van der Waals surface area (Å²) >= 11 is 0. The number of rotatable bonds is 13. The topological polar surface area (TPSA) is 47.6 Å². The lowest BCUT2D eigenvalue weighted by molar-refractivity contribution is -0.119. The number of ether oxygens (including phenoxy) is 1. The Kier molecular flexibility index (Phi) is 10.2. The summed E-state index contributed by atoms with van der Waals surface area (Å²) in [6.07, 6.45) is 9.47. The van der Waals surface area contributed by atoms with E-state index in [1.165, 1.54) is 0 Å². The third-order valence-corrected chi connectivity index (χ3v) is 5.26. The van der Waals surface area contributed by atoms with Crippen molar-refractivity contribution in [2.45, 2.75) is 66.2 Å². The number of unbranched alkanes of at least 4 members (excludes halogenated alkanes) is 2. The number of carbonyl (C=O) groups excluding carboxylic acids is 1. The van der Waals surface area contributed by atoms with Crippen LogP contribution in [0.1, 0.15) is 62.6 Å². The van der Waals surface area contributed by atoms with E-state index >= 15 is 0 Å². The van der Waals surface area contributed by atoms with Crippen LogP contribution in [0.4, 0.5) is 5.69 Å². The molecule has 0 bridgehead atoms. The number of allylic oxidation sites excluding steroid dienone is 2. The van der Waals surface area contributed by atoms with Gasteiger partial charge in [0.15, 0.2) is 11.5 Å². The van der Waals surface area contributed by atoms with Crippen molar-refractivity contribution in [2.24, 2.45) is 5.92 Å². The summed E-state index contributed by atoms with van der Waals surface area (Å²) in [4.78, 5) is 18.0. The van der Waals surface area contributed by atoms with E-state index in [1.807, 2.05) is 50.2 Å². The Hall–Kier alpha value is -2.75. The van der Waals surface area contributed by atoms with Crippen molar-refractivity contribution in [1.82, 2.24) is 0 Å². The summed E-state index contributed by atoms with van der Waals surface area (Å²) in [5.41, 5.74) is 7.31. The van der Waals surface area contributed by atoms with Gasteiger partial charge < -0.3 is 9.57 Å². The van der Waals surface area contributed by atoms with E-state index < -0.39 is 0 Å². The fourth-order valence-corrected chi connectivity index (χ4v) is 3.39. The highest BCUT2D eigenvalue weighted by Crippen LogP contribution is 2.30. The van der Waals surface area contributed by atoms with Gasteiger partial charge in [0.25, 0.3) is 0 Å². The number of para-hydroxylation sites is 1. The zero-order chi connectivity index (χ0) is 22.6. The maximum absolute atomic E-state index is 12.2. The maximum Gasteiger partial charge on any atom is 0.196 e.